The SMILES string of the molecule is CCc1ccccc1C(=O)NCC(C)(C)C(N)=S. The second-order valence-electron chi connectivity index (χ2n) is 4.94. The van der Waals surface area contributed by atoms with Crippen LogP contribution >= 0.6 is 12.2 Å². The summed E-state index contributed by atoms with van der Waals surface area (Å²) in [5.41, 5.74) is 7.03. The first-order valence-electron chi connectivity index (χ1n) is 6.04. The van der Waals surface area contributed by atoms with Crippen molar-refractivity contribution in [1.29, 1.82) is 0 Å². The highest BCUT2D eigenvalue weighted by atomic mass is 32.1. The summed E-state index contributed by atoms with van der Waals surface area (Å²) in [5.74, 6) is -0.0724. The van der Waals surface area contributed by atoms with Crippen LogP contribution in [-0.2, 0) is 6.42 Å². The van der Waals surface area contributed by atoms with Gasteiger partial charge in [-0.3, -0.25) is 4.79 Å². The van der Waals surface area contributed by atoms with Crippen LogP contribution < -0.4 is 11.1 Å². The maximum absolute atomic E-state index is 12.1. The van der Waals surface area contributed by atoms with E-state index in [1.54, 1.807) is 0 Å². The zero-order chi connectivity index (χ0) is 13.8. The summed E-state index contributed by atoms with van der Waals surface area (Å²) in [7, 11) is 0. The van der Waals surface area contributed by atoms with E-state index in [-0.39, 0.29) is 11.3 Å². The number of carbonyl (C=O) groups excluding carboxylic acids is 1. The summed E-state index contributed by atoms with van der Waals surface area (Å²) in [6, 6.07) is 7.61. The fourth-order valence-electron chi connectivity index (χ4n) is 1.53. The highest BCUT2D eigenvalue weighted by molar-refractivity contribution is 7.80. The van der Waals surface area contributed by atoms with E-state index in [9.17, 15) is 4.79 Å². The van der Waals surface area contributed by atoms with Gasteiger partial charge in [-0.1, -0.05) is 51.2 Å². The molecular weight excluding hydrogens is 244 g/mol. The highest BCUT2D eigenvalue weighted by Gasteiger charge is 2.22. The van der Waals surface area contributed by atoms with Crippen LogP contribution in [0.2, 0.25) is 0 Å². The molecule has 1 aromatic rings. The number of aryl methyl sites for hydroxylation is 1. The Hall–Kier alpha value is -1.42. The highest BCUT2D eigenvalue weighted by Crippen LogP contribution is 2.15. The molecule has 1 rings (SSSR count). The Balaban J connectivity index is 2.75. The number of hydrogen-bond acceptors (Lipinski definition) is 2. The van der Waals surface area contributed by atoms with Gasteiger partial charge in [0, 0.05) is 17.5 Å². The normalized spacial score (nSPS) is 11.1. The first-order valence-corrected chi connectivity index (χ1v) is 6.45. The molecule has 0 spiro atoms. The lowest BCUT2D eigenvalue weighted by molar-refractivity contribution is 0.0944. The van der Waals surface area contributed by atoms with Crippen LogP contribution in [0.5, 0.6) is 0 Å². The van der Waals surface area contributed by atoms with E-state index in [4.69, 9.17) is 18.0 Å². The van der Waals surface area contributed by atoms with E-state index in [2.05, 4.69) is 5.32 Å². The van der Waals surface area contributed by atoms with Crippen LogP contribution in [0.4, 0.5) is 0 Å². The molecule has 0 aliphatic rings. The Labute approximate surface area is 114 Å². The molecule has 0 heterocycles. The van der Waals surface area contributed by atoms with Crippen molar-refractivity contribution < 1.29 is 4.79 Å². The molecule has 0 radical (unpaired) electrons. The van der Waals surface area contributed by atoms with Crippen LogP contribution in [0.15, 0.2) is 24.3 Å². The van der Waals surface area contributed by atoms with Crippen molar-refractivity contribution in [2.75, 3.05) is 6.54 Å². The predicted octanol–water partition coefficient (Wildman–Crippen LogP) is 2.29. The van der Waals surface area contributed by atoms with E-state index in [0.717, 1.165) is 17.5 Å². The van der Waals surface area contributed by atoms with Gasteiger partial charge in [-0.25, -0.2) is 0 Å². The van der Waals surface area contributed by atoms with Crippen molar-refractivity contribution in [3.63, 3.8) is 0 Å². The first kappa shape index (κ1) is 14.6. The van der Waals surface area contributed by atoms with Crippen LogP contribution in [-0.4, -0.2) is 17.4 Å². The minimum absolute atomic E-state index is 0.0724. The molecule has 1 amide bonds. The Morgan fingerprint density at radius 2 is 2.00 bits per heavy atom. The van der Waals surface area contributed by atoms with Gasteiger partial charge in [0.2, 0.25) is 0 Å². The first-order chi connectivity index (χ1) is 8.38. The number of nitrogens with one attached hydrogen (secondary N) is 1. The molecule has 0 saturated carbocycles. The lowest BCUT2D eigenvalue weighted by Crippen LogP contribution is -2.41. The quantitative estimate of drug-likeness (QED) is 0.802. The van der Waals surface area contributed by atoms with E-state index < -0.39 is 0 Å². The van der Waals surface area contributed by atoms with Crippen molar-refractivity contribution in [2.45, 2.75) is 27.2 Å². The molecule has 0 bridgehead atoms. The number of rotatable bonds is 5. The minimum Gasteiger partial charge on any atom is -0.393 e. The topological polar surface area (TPSA) is 55.1 Å². The smallest absolute Gasteiger partial charge is 0.251 e. The molecule has 0 saturated heterocycles. The largest absolute Gasteiger partial charge is 0.393 e. The summed E-state index contributed by atoms with van der Waals surface area (Å²) in [5, 5.41) is 2.89. The number of hydrogen-bond donors (Lipinski definition) is 2. The fraction of sp³-hybridized carbons (Fsp3) is 0.429. The van der Waals surface area contributed by atoms with Gasteiger partial charge in [-0.15, -0.1) is 0 Å². The standard InChI is InChI=1S/C14H20N2OS/c1-4-10-7-5-6-8-11(10)12(17)16-9-14(2,3)13(15)18/h5-8H,4,9H2,1-3H3,(H2,15,18)(H,16,17). The summed E-state index contributed by atoms with van der Waals surface area (Å²) >= 11 is 4.98. The second-order valence-corrected chi connectivity index (χ2v) is 5.38. The van der Waals surface area contributed by atoms with E-state index >= 15 is 0 Å². The summed E-state index contributed by atoms with van der Waals surface area (Å²) < 4.78 is 0. The summed E-state index contributed by atoms with van der Waals surface area (Å²) in [6.07, 6.45) is 0.836. The Morgan fingerprint density at radius 1 is 1.39 bits per heavy atom. The number of nitrogens with two attached hydrogens (primary N) is 1. The van der Waals surface area contributed by atoms with Crippen molar-refractivity contribution in [1.82, 2.24) is 5.32 Å². The maximum atomic E-state index is 12.1. The predicted molar refractivity (Wildman–Crippen MR) is 78.7 cm³/mol. The third-order valence-electron chi connectivity index (χ3n) is 3.00. The molecule has 0 aromatic heterocycles. The zero-order valence-electron chi connectivity index (χ0n) is 11.1. The molecule has 0 unspecified atom stereocenters. The molecular formula is C14H20N2OS. The third-order valence-corrected chi connectivity index (χ3v) is 3.55. The zero-order valence-corrected chi connectivity index (χ0v) is 11.9. The molecule has 1 aromatic carbocycles. The lowest BCUT2D eigenvalue weighted by Gasteiger charge is -2.23. The van der Waals surface area contributed by atoms with Gasteiger partial charge in [0.05, 0.1) is 4.99 Å². The molecule has 98 valence electrons. The van der Waals surface area contributed by atoms with Gasteiger partial charge >= 0.3 is 0 Å². The molecule has 18 heavy (non-hydrogen) atoms. The number of benzene rings is 1. The van der Waals surface area contributed by atoms with Crippen molar-refractivity contribution >= 4 is 23.1 Å². The van der Waals surface area contributed by atoms with E-state index in [0.29, 0.717) is 11.5 Å². The Kier molecular flexibility index (Phi) is 4.84. The molecule has 3 N–H and O–H groups in total. The van der Waals surface area contributed by atoms with Crippen molar-refractivity contribution in [3.8, 4) is 0 Å². The third kappa shape index (κ3) is 3.53. The minimum atomic E-state index is -0.369. The second kappa shape index (κ2) is 5.96. The number of thiocarbonyl (C=S) groups is 1. The van der Waals surface area contributed by atoms with Gasteiger partial charge in [0.1, 0.15) is 0 Å². The monoisotopic (exact) mass is 264 g/mol. The molecule has 0 aliphatic heterocycles. The number of carbonyl (C=O) groups is 1. The molecule has 0 atom stereocenters. The maximum Gasteiger partial charge on any atom is 0.251 e. The van der Waals surface area contributed by atoms with Gasteiger partial charge in [-0.05, 0) is 18.1 Å². The summed E-state index contributed by atoms with van der Waals surface area (Å²) in [4.78, 5) is 12.5. The van der Waals surface area contributed by atoms with Gasteiger partial charge < -0.3 is 11.1 Å². The van der Waals surface area contributed by atoms with Crippen molar-refractivity contribution in [2.24, 2.45) is 11.1 Å². The van der Waals surface area contributed by atoms with Crippen LogP contribution in [0.25, 0.3) is 0 Å². The Bertz CT molecular complexity index is 455. The van der Waals surface area contributed by atoms with E-state index in [1.165, 1.54) is 0 Å². The van der Waals surface area contributed by atoms with Crippen LogP contribution in [0, 0.1) is 5.41 Å². The average Bonchev–Trinajstić information content (AvgIpc) is 2.35. The number of amides is 1. The van der Waals surface area contributed by atoms with Gasteiger partial charge in [0.25, 0.3) is 5.91 Å². The average molecular weight is 264 g/mol. The van der Waals surface area contributed by atoms with E-state index in [1.807, 2.05) is 45.0 Å². The fourth-order valence-corrected chi connectivity index (χ4v) is 1.61. The van der Waals surface area contributed by atoms with Gasteiger partial charge in [0.15, 0.2) is 0 Å². The van der Waals surface area contributed by atoms with Crippen LogP contribution in [0.3, 0.4) is 0 Å². The Morgan fingerprint density at radius 3 is 2.56 bits per heavy atom. The summed E-state index contributed by atoms with van der Waals surface area (Å²) in [6.45, 7) is 6.31. The van der Waals surface area contributed by atoms with Crippen molar-refractivity contribution in [3.05, 3.63) is 35.4 Å². The molecule has 0 aliphatic carbocycles. The van der Waals surface area contributed by atoms with Gasteiger partial charge in [-0.2, -0.15) is 0 Å². The lowest BCUT2D eigenvalue weighted by atomic mass is 9.93. The molecule has 0 fully saturated rings. The van der Waals surface area contributed by atoms with Crippen LogP contribution in [0.1, 0.15) is 36.7 Å². The molecule has 3 nitrogen and oxygen atoms in total. The molecule has 4 heteroatoms.